The van der Waals surface area contributed by atoms with Crippen LogP contribution >= 0.6 is 11.8 Å². The van der Waals surface area contributed by atoms with Gasteiger partial charge in [-0.2, -0.15) is 0 Å². The van der Waals surface area contributed by atoms with Gasteiger partial charge in [-0.3, -0.25) is 4.90 Å². The molecule has 3 rings (SSSR count). The largest absolute Gasteiger partial charge is 0.379 e. The van der Waals surface area contributed by atoms with Crippen molar-refractivity contribution in [2.45, 2.75) is 24.8 Å². The van der Waals surface area contributed by atoms with Crippen LogP contribution in [-0.2, 0) is 4.74 Å². The van der Waals surface area contributed by atoms with Crippen LogP contribution in [0.3, 0.4) is 0 Å². The van der Waals surface area contributed by atoms with Crippen LogP contribution in [0.15, 0.2) is 29.2 Å². The lowest BCUT2D eigenvalue weighted by atomic mass is 10.1. The predicted molar refractivity (Wildman–Crippen MR) is 103 cm³/mol. The van der Waals surface area contributed by atoms with E-state index in [9.17, 15) is 0 Å². The van der Waals surface area contributed by atoms with Gasteiger partial charge in [0.25, 0.3) is 0 Å². The van der Waals surface area contributed by atoms with Gasteiger partial charge in [0, 0.05) is 43.0 Å². The van der Waals surface area contributed by atoms with E-state index in [1.165, 1.54) is 15.8 Å². The van der Waals surface area contributed by atoms with Crippen molar-refractivity contribution in [3.8, 4) is 0 Å². The highest BCUT2D eigenvalue weighted by molar-refractivity contribution is 7.98. The summed E-state index contributed by atoms with van der Waals surface area (Å²) in [5, 5.41) is 1.24. The Morgan fingerprint density at radius 2 is 2.04 bits per heavy atom. The molecule has 24 heavy (non-hydrogen) atoms. The van der Waals surface area contributed by atoms with Gasteiger partial charge in [-0.15, -0.1) is 11.8 Å². The monoisotopic (exact) mass is 345 g/mol. The van der Waals surface area contributed by atoms with Gasteiger partial charge >= 0.3 is 0 Å². The highest BCUT2D eigenvalue weighted by atomic mass is 32.2. The first-order valence-electron chi connectivity index (χ1n) is 8.57. The number of pyridine rings is 1. The molecular formula is C19H27N3OS. The van der Waals surface area contributed by atoms with Crippen molar-refractivity contribution in [3.63, 3.8) is 0 Å². The zero-order valence-corrected chi connectivity index (χ0v) is 15.9. The maximum atomic E-state index is 5.46. The van der Waals surface area contributed by atoms with Crippen molar-refractivity contribution in [1.82, 2.24) is 9.88 Å². The van der Waals surface area contributed by atoms with Crippen molar-refractivity contribution >= 4 is 28.5 Å². The SMILES string of the molecule is CSc1ccc2c(C)cc(N(C)CC(C)N3CCOCC3)nc2c1. The van der Waals surface area contributed by atoms with E-state index in [4.69, 9.17) is 9.72 Å². The standard InChI is InChI=1S/C19H27N3OS/c1-14-11-19(20-18-12-16(24-4)5-6-17(14)18)21(3)13-15(2)22-7-9-23-10-8-22/h5-6,11-12,15H,7-10,13H2,1-4H3. The molecule has 2 aromatic rings. The average Bonchev–Trinajstić information content (AvgIpc) is 2.61. The maximum Gasteiger partial charge on any atom is 0.129 e. The quantitative estimate of drug-likeness (QED) is 0.775. The van der Waals surface area contributed by atoms with Crippen LogP contribution in [0.2, 0.25) is 0 Å². The summed E-state index contributed by atoms with van der Waals surface area (Å²) in [5.74, 6) is 1.05. The molecular weight excluding hydrogens is 318 g/mol. The Bertz CT molecular complexity index is 700. The first kappa shape index (κ1) is 17.5. The number of anilines is 1. The fourth-order valence-corrected chi connectivity index (χ4v) is 3.74. The number of fused-ring (bicyclic) bond motifs is 1. The molecule has 0 N–H and O–H groups in total. The molecule has 0 spiro atoms. The van der Waals surface area contributed by atoms with Gasteiger partial charge in [-0.25, -0.2) is 4.98 Å². The smallest absolute Gasteiger partial charge is 0.129 e. The first-order valence-corrected chi connectivity index (χ1v) is 9.79. The fraction of sp³-hybridized carbons (Fsp3) is 0.526. The summed E-state index contributed by atoms with van der Waals surface area (Å²) in [5.41, 5.74) is 2.37. The van der Waals surface area contributed by atoms with Gasteiger partial charge in [0.15, 0.2) is 0 Å². The number of hydrogen-bond acceptors (Lipinski definition) is 5. The van der Waals surface area contributed by atoms with Gasteiger partial charge in [0.05, 0.1) is 18.7 Å². The van der Waals surface area contributed by atoms with Gasteiger partial charge in [0.1, 0.15) is 5.82 Å². The Hall–Kier alpha value is -1.30. The van der Waals surface area contributed by atoms with Crippen LogP contribution in [0.1, 0.15) is 12.5 Å². The van der Waals surface area contributed by atoms with Crippen molar-refractivity contribution in [2.75, 3.05) is 51.1 Å². The van der Waals surface area contributed by atoms with Crippen LogP contribution in [-0.4, -0.2) is 62.1 Å². The third-order valence-corrected chi connectivity index (χ3v) is 5.53. The van der Waals surface area contributed by atoms with Crippen LogP contribution in [0.25, 0.3) is 10.9 Å². The lowest BCUT2D eigenvalue weighted by molar-refractivity contribution is 0.0218. The number of rotatable bonds is 5. The number of benzene rings is 1. The van der Waals surface area contributed by atoms with Crippen molar-refractivity contribution in [3.05, 3.63) is 29.8 Å². The maximum absolute atomic E-state index is 5.46. The zero-order chi connectivity index (χ0) is 17.1. The van der Waals surface area contributed by atoms with Crippen molar-refractivity contribution in [2.24, 2.45) is 0 Å². The van der Waals surface area contributed by atoms with Gasteiger partial charge < -0.3 is 9.64 Å². The molecule has 1 aromatic carbocycles. The molecule has 0 amide bonds. The number of ether oxygens (including phenoxy) is 1. The summed E-state index contributed by atoms with van der Waals surface area (Å²) >= 11 is 1.76. The third kappa shape index (κ3) is 3.85. The Morgan fingerprint density at radius 1 is 1.29 bits per heavy atom. The molecule has 1 aliphatic heterocycles. The van der Waals surface area contributed by atoms with Crippen molar-refractivity contribution in [1.29, 1.82) is 0 Å². The molecule has 0 aliphatic carbocycles. The fourth-order valence-electron chi connectivity index (χ4n) is 3.31. The van der Waals surface area contributed by atoms with E-state index < -0.39 is 0 Å². The summed E-state index contributed by atoms with van der Waals surface area (Å²) < 4.78 is 5.46. The van der Waals surface area contributed by atoms with Crippen LogP contribution < -0.4 is 4.90 Å². The second kappa shape index (κ2) is 7.72. The zero-order valence-electron chi connectivity index (χ0n) is 15.1. The molecule has 0 radical (unpaired) electrons. The van der Waals surface area contributed by atoms with E-state index in [1.54, 1.807) is 11.8 Å². The van der Waals surface area contributed by atoms with E-state index in [0.717, 1.165) is 44.2 Å². The molecule has 1 unspecified atom stereocenters. The van der Waals surface area contributed by atoms with Crippen LogP contribution in [0, 0.1) is 6.92 Å². The molecule has 1 aromatic heterocycles. The van der Waals surface area contributed by atoms with E-state index >= 15 is 0 Å². The number of nitrogens with zero attached hydrogens (tertiary/aromatic N) is 3. The Kier molecular flexibility index (Phi) is 5.64. The second-order valence-electron chi connectivity index (χ2n) is 6.56. The van der Waals surface area contributed by atoms with E-state index in [0.29, 0.717) is 6.04 Å². The Labute approximate surface area is 149 Å². The van der Waals surface area contributed by atoms with E-state index in [-0.39, 0.29) is 0 Å². The minimum Gasteiger partial charge on any atom is -0.379 e. The molecule has 1 saturated heterocycles. The van der Waals surface area contributed by atoms with Gasteiger partial charge in [-0.05, 0) is 43.9 Å². The van der Waals surface area contributed by atoms with Gasteiger partial charge in [-0.1, -0.05) is 6.07 Å². The molecule has 5 heteroatoms. The summed E-state index contributed by atoms with van der Waals surface area (Å²) in [7, 11) is 2.14. The molecule has 0 bridgehead atoms. The average molecular weight is 346 g/mol. The first-order chi connectivity index (χ1) is 11.6. The minimum atomic E-state index is 0.495. The second-order valence-corrected chi connectivity index (χ2v) is 7.44. The van der Waals surface area contributed by atoms with Gasteiger partial charge in [0.2, 0.25) is 0 Å². The number of aryl methyl sites for hydroxylation is 1. The predicted octanol–water partition coefficient (Wildman–Crippen LogP) is 3.42. The number of aromatic nitrogens is 1. The van der Waals surface area contributed by atoms with Crippen molar-refractivity contribution < 1.29 is 4.74 Å². The molecule has 1 aliphatic rings. The van der Waals surface area contributed by atoms with Crippen LogP contribution in [0.4, 0.5) is 5.82 Å². The molecule has 2 heterocycles. The molecule has 0 saturated carbocycles. The topological polar surface area (TPSA) is 28.6 Å². The third-order valence-electron chi connectivity index (χ3n) is 4.81. The number of hydrogen-bond donors (Lipinski definition) is 0. The van der Waals surface area contributed by atoms with E-state index in [1.807, 2.05) is 0 Å². The molecule has 130 valence electrons. The highest BCUT2D eigenvalue weighted by Crippen LogP contribution is 2.26. The van der Waals surface area contributed by atoms with E-state index in [2.05, 4.69) is 61.2 Å². The molecule has 1 fully saturated rings. The summed E-state index contributed by atoms with van der Waals surface area (Å²) in [6, 6.07) is 9.24. The van der Waals surface area contributed by atoms with Crippen LogP contribution in [0.5, 0.6) is 0 Å². The number of likely N-dealkylation sites (N-methyl/N-ethyl adjacent to an activating group) is 1. The molecule has 1 atom stereocenters. The lowest BCUT2D eigenvalue weighted by Gasteiger charge is -2.34. The Morgan fingerprint density at radius 3 is 2.75 bits per heavy atom. The minimum absolute atomic E-state index is 0.495. The normalized spacial score (nSPS) is 17.2. The number of morpholine rings is 1. The summed E-state index contributed by atoms with van der Waals surface area (Å²) in [6.45, 7) is 9.18. The highest BCUT2D eigenvalue weighted by Gasteiger charge is 2.19. The summed E-state index contributed by atoms with van der Waals surface area (Å²) in [6.07, 6.45) is 2.11. The molecule has 4 nitrogen and oxygen atoms in total. The number of thioether (sulfide) groups is 1. The summed E-state index contributed by atoms with van der Waals surface area (Å²) in [4.78, 5) is 10.9. The Balaban J connectivity index is 1.79. The lowest BCUT2D eigenvalue weighted by Crippen LogP contribution is -2.46.